The number of nitrogens with zero attached hydrogens (tertiary/aromatic N) is 3. The van der Waals surface area contributed by atoms with Gasteiger partial charge in [0.05, 0.1) is 5.92 Å². The molecule has 7 nitrogen and oxygen atoms in total. The summed E-state index contributed by atoms with van der Waals surface area (Å²) >= 11 is 0. The van der Waals surface area contributed by atoms with Crippen molar-refractivity contribution in [1.82, 2.24) is 15.0 Å². The third kappa shape index (κ3) is 3.01. The molecule has 1 unspecified atom stereocenters. The Labute approximate surface area is 155 Å². The van der Waals surface area contributed by atoms with Crippen LogP contribution in [-0.4, -0.2) is 34.3 Å². The number of ether oxygens (including phenoxy) is 2. The Morgan fingerprint density at radius 1 is 1.07 bits per heavy atom. The van der Waals surface area contributed by atoms with Gasteiger partial charge in [0.2, 0.25) is 24.4 Å². The van der Waals surface area contributed by atoms with E-state index in [-0.39, 0.29) is 18.6 Å². The van der Waals surface area contributed by atoms with Crippen molar-refractivity contribution in [2.75, 3.05) is 13.3 Å². The molecule has 0 bridgehead atoms. The summed E-state index contributed by atoms with van der Waals surface area (Å²) in [6, 6.07) is 15.5. The van der Waals surface area contributed by atoms with E-state index in [1.807, 2.05) is 53.4 Å². The number of carbonyl (C=O) groups excluding carboxylic acids is 1. The van der Waals surface area contributed by atoms with Crippen LogP contribution in [0.4, 0.5) is 0 Å². The van der Waals surface area contributed by atoms with Gasteiger partial charge in [0.1, 0.15) is 0 Å². The fraction of sp³-hybridized carbons (Fsp3) is 0.250. The van der Waals surface area contributed by atoms with E-state index < -0.39 is 0 Å². The highest BCUT2D eigenvalue weighted by Crippen LogP contribution is 2.36. The molecule has 136 valence electrons. The lowest BCUT2D eigenvalue weighted by Gasteiger charge is -2.15. The van der Waals surface area contributed by atoms with Crippen LogP contribution in [0.1, 0.15) is 23.8 Å². The summed E-state index contributed by atoms with van der Waals surface area (Å²) in [5, 5.41) is 4.08. The molecule has 0 spiro atoms. The predicted molar refractivity (Wildman–Crippen MR) is 95.1 cm³/mol. The highest BCUT2D eigenvalue weighted by molar-refractivity contribution is 5.79. The standard InChI is InChI=1S/C20H17N3O4/c24-18-9-15(11-23(18)10-13-4-2-1-3-5-13)20-21-19(22-27-20)14-6-7-16-17(8-14)26-12-25-16/h1-8,15H,9-12H2. The third-order valence-corrected chi connectivity index (χ3v) is 4.85. The number of carbonyl (C=O) groups is 1. The number of fused-ring (bicyclic) bond motifs is 1. The molecule has 1 atom stereocenters. The first kappa shape index (κ1) is 15.9. The van der Waals surface area contributed by atoms with Crippen LogP contribution in [0, 0.1) is 0 Å². The van der Waals surface area contributed by atoms with Crippen molar-refractivity contribution in [3.8, 4) is 22.9 Å². The monoisotopic (exact) mass is 363 g/mol. The molecule has 27 heavy (non-hydrogen) atoms. The van der Waals surface area contributed by atoms with Crippen LogP contribution < -0.4 is 9.47 Å². The van der Waals surface area contributed by atoms with Gasteiger partial charge >= 0.3 is 0 Å². The molecule has 1 amide bonds. The smallest absolute Gasteiger partial charge is 0.232 e. The molecule has 0 aliphatic carbocycles. The van der Waals surface area contributed by atoms with Crippen LogP contribution in [0.15, 0.2) is 53.1 Å². The van der Waals surface area contributed by atoms with Gasteiger partial charge in [0.15, 0.2) is 11.5 Å². The molecular formula is C20H17N3O4. The average molecular weight is 363 g/mol. The summed E-state index contributed by atoms with van der Waals surface area (Å²) in [6.07, 6.45) is 0.385. The Balaban J connectivity index is 1.32. The lowest BCUT2D eigenvalue weighted by atomic mass is 10.1. The number of likely N-dealkylation sites (tertiary alicyclic amines) is 1. The van der Waals surface area contributed by atoms with Crippen LogP contribution >= 0.6 is 0 Å². The molecule has 1 aromatic heterocycles. The normalized spacial score (nSPS) is 18.3. The van der Waals surface area contributed by atoms with E-state index >= 15 is 0 Å². The van der Waals surface area contributed by atoms with E-state index in [0.717, 1.165) is 11.1 Å². The van der Waals surface area contributed by atoms with E-state index in [1.54, 1.807) is 0 Å². The van der Waals surface area contributed by atoms with Crippen LogP contribution in [0.3, 0.4) is 0 Å². The zero-order valence-corrected chi connectivity index (χ0v) is 14.5. The van der Waals surface area contributed by atoms with Crippen molar-refractivity contribution in [2.45, 2.75) is 18.9 Å². The summed E-state index contributed by atoms with van der Waals surface area (Å²) in [6.45, 7) is 1.40. The fourth-order valence-electron chi connectivity index (χ4n) is 3.45. The Hall–Kier alpha value is -3.35. The van der Waals surface area contributed by atoms with Crippen LogP contribution in [0.25, 0.3) is 11.4 Å². The lowest BCUT2D eigenvalue weighted by Crippen LogP contribution is -2.24. The maximum Gasteiger partial charge on any atom is 0.232 e. The molecule has 1 saturated heterocycles. The van der Waals surface area contributed by atoms with Crippen molar-refractivity contribution in [2.24, 2.45) is 0 Å². The number of aromatic nitrogens is 2. The van der Waals surface area contributed by atoms with E-state index in [2.05, 4.69) is 10.1 Å². The summed E-state index contributed by atoms with van der Waals surface area (Å²) < 4.78 is 16.2. The molecule has 1 fully saturated rings. The molecule has 0 saturated carbocycles. The topological polar surface area (TPSA) is 77.7 Å². The summed E-state index contributed by atoms with van der Waals surface area (Å²) in [5.41, 5.74) is 1.90. The number of hydrogen-bond donors (Lipinski definition) is 0. The van der Waals surface area contributed by atoms with Crippen molar-refractivity contribution >= 4 is 5.91 Å². The van der Waals surface area contributed by atoms with E-state index in [9.17, 15) is 4.79 Å². The lowest BCUT2D eigenvalue weighted by molar-refractivity contribution is -0.128. The van der Waals surface area contributed by atoms with E-state index in [1.165, 1.54) is 0 Å². The Morgan fingerprint density at radius 2 is 1.93 bits per heavy atom. The third-order valence-electron chi connectivity index (χ3n) is 4.85. The first-order valence-corrected chi connectivity index (χ1v) is 8.81. The minimum absolute atomic E-state index is 0.0866. The SMILES string of the molecule is O=C1CC(c2nc(-c3ccc4c(c3)OCO4)no2)CN1Cc1ccccc1. The number of benzene rings is 2. The first-order chi connectivity index (χ1) is 13.3. The molecule has 5 rings (SSSR count). The summed E-state index contributed by atoms with van der Waals surface area (Å²) in [5.74, 6) is 2.37. The van der Waals surface area contributed by atoms with Gasteiger partial charge in [-0.2, -0.15) is 4.98 Å². The fourth-order valence-corrected chi connectivity index (χ4v) is 3.45. The van der Waals surface area contributed by atoms with Gasteiger partial charge in [-0.1, -0.05) is 35.5 Å². The summed E-state index contributed by atoms with van der Waals surface area (Å²) in [4.78, 5) is 18.7. The summed E-state index contributed by atoms with van der Waals surface area (Å²) in [7, 11) is 0. The van der Waals surface area contributed by atoms with Gasteiger partial charge in [-0.25, -0.2) is 0 Å². The minimum atomic E-state index is -0.0866. The zero-order chi connectivity index (χ0) is 18.2. The molecule has 2 aliphatic heterocycles. The second-order valence-corrected chi connectivity index (χ2v) is 6.69. The predicted octanol–water partition coefficient (Wildman–Crippen LogP) is 2.98. The second-order valence-electron chi connectivity index (χ2n) is 6.69. The molecule has 7 heteroatoms. The highest BCUT2D eigenvalue weighted by Gasteiger charge is 2.34. The van der Waals surface area contributed by atoms with Crippen molar-refractivity contribution < 1.29 is 18.8 Å². The van der Waals surface area contributed by atoms with Crippen molar-refractivity contribution in [1.29, 1.82) is 0 Å². The van der Waals surface area contributed by atoms with Crippen molar-refractivity contribution in [3.05, 3.63) is 60.0 Å². The minimum Gasteiger partial charge on any atom is -0.454 e. The number of amides is 1. The molecule has 2 aliphatic rings. The molecule has 2 aromatic carbocycles. The van der Waals surface area contributed by atoms with E-state index in [4.69, 9.17) is 14.0 Å². The van der Waals surface area contributed by atoms with Gasteiger partial charge < -0.3 is 18.9 Å². The van der Waals surface area contributed by atoms with E-state index in [0.29, 0.717) is 42.7 Å². The molecule has 0 N–H and O–H groups in total. The average Bonchev–Trinajstić information content (AvgIpc) is 3.42. The Bertz CT molecular complexity index is 986. The van der Waals surface area contributed by atoms with Crippen LogP contribution in [-0.2, 0) is 11.3 Å². The molecule has 3 aromatic rings. The van der Waals surface area contributed by atoms with Gasteiger partial charge in [-0.05, 0) is 23.8 Å². The van der Waals surface area contributed by atoms with Crippen LogP contribution in [0.5, 0.6) is 11.5 Å². The Kier molecular flexibility index (Phi) is 3.78. The quantitative estimate of drug-likeness (QED) is 0.709. The Morgan fingerprint density at radius 3 is 2.81 bits per heavy atom. The van der Waals surface area contributed by atoms with Crippen LogP contribution in [0.2, 0.25) is 0 Å². The highest BCUT2D eigenvalue weighted by atomic mass is 16.7. The first-order valence-electron chi connectivity index (χ1n) is 8.81. The van der Waals surface area contributed by atoms with Gasteiger partial charge in [-0.3, -0.25) is 4.79 Å². The van der Waals surface area contributed by atoms with Crippen molar-refractivity contribution in [3.63, 3.8) is 0 Å². The molecular weight excluding hydrogens is 346 g/mol. The van der Waals surface area contributed by atoms with Gasteiger partial charge in [-0.15, -0.1) is 0 Å². The maximum atomic E-state index is 12.4. The number of rotatable bonds is 4. The van der Waals surface area contributed by atoms with Gasteiger partial charge in [0, 0.05) is 25.1 Å². The second kappa shape index (κ2) is 6.42. The maximum absolute atomic E-state index is 12.4. The molecule has 0 radical (unpaired) electrons. The molecule has 3 heterocycles. The zero-order valence-electron chi connectivity index (χ0n) is 14.5. The number of hydrogen-bond acceptors (Lipinski definition) is 6. The van der Waals surface area contributed by atoms with Gasteiger partial charge in [0.25, 0.3) is 0 Å². The largest absolute Gasteiger partial charge is 0.454 e.